The van der Waals surface area contributed by atoms with Crippen LogP contribution in [0.15, 0.2) is 53.5 Å². The summed E-state index contributed by atoms with van der Waals surface area (Å²) in [6.07, 6.45) is -4.22. The Hall–Kier alpha value is -2.34. The number of rotatable bonds is 1. The molecule has 0 aliphatic carbocycles. The van der Waals surface area contributed by atoms with E-state index in [1.807, 2.05) is 24.3 Å². The van der Waals surface area contributed by atoms with Crippen LogP contribution in [0.5, 0.6) is 0 Å². The lowest BCUT2D eigenvalue weighted by molar-refractivity contribution is -0.138. The molecule has 6 heteroatoms. The van der Waals surface area contributed by atoms with Gasteiger partial charge in [-0.2, -0.15) is 13.2 Å². The first-order chi connectivity index (χ1) is 11.4. The molecule has 0 bridgehead atoms. The Morgan fingerprint density at radius 3 is 2.67 bits per heavy atom. The van der Waals surface area contributed by atoms with Crippen LogP contribution in [-0.4, -0.2) is 28.9 Å². The van der Waals surface area contributed by atoms with Crippen LogP contribution in [0, 0.1) is 0 Å². The summed E-state index contributed by atoms with van der Waals surface area (Å²) in [5.41, 5.74) is -0.224. The molecule has 2 aliphatic heterocycles. The number of benzene rings is 2. The normalized spacial score (nSPS) is 22.8. The van der Waals surface area contributed by atoms with E-state index in [2.05, 4.69) is 4.99 Å². The minimum Gasteiger partial charge on any atom is -0.366 e. The van der Waals surface area contributed by atoms with Crippen LogP contribution < -0.4 is 0 Å². The third-order valence-corrected chi connectivity index (χ3v) is 4.63. The van der Waals surface area contributed by atoms with Crippen LogP contribution in [0.2, 0.25) is 0 Å². The molecule has 3 nitrogen and oxygen atoms in total. The molecule has 2 aliphatic rings. The SMILES string of the molecule is OC1(c2cccc(C(F)(F)F)c2)Cc2ccccc2C2=NCCN21. The average molecular weight is 332 g/mol. The highest BCUT2D eigenvalue weighted by atomic mass is 19.4. The number of halogens is 3. The van der Waals surface area contributed by atoms with E-state index in [0.29, 0.717) is 18.9 Å². The summed E-state index contributed by atoms with van der Waals surface area (Å²) in [4.78, 5) is 6.16. The van der Waals surface area contributed by atoms with Gasteiger partial charge in [0.1, 0.15) is 5.84 Å². The van der Waals surface area contributed by atoms with Gasteiger partial charge in [0.05, 0.1) is 12.1 Å². The number of aliphatic imine (C=N–C) groups is 1. The largest absolute Gasteiger partial charge is 0.416 e. The van der Waals surface area contributed by atoms with Gasteiger partial charge in [-0.25, -0.2) is 0 Å². The molecule has 1 unspecified atom stereocenters. The molecule has 124 valence electrons. The van der Waals surface area contributed by atoms with E-state index in [1.165, 1.54) is 6.07 Å². The van der Waals surface area contributed by atoms with E-state index in [0.717, 1.165) is 23.3 Å². The molecule has 2 heterocycles. The minimum absolute atomic E-state index is 0.226. The highest BCUT2D eigenvalue weighted by Gasteiger charge is 2.45. The van der Waals surface area contributed by atoms with E-state index in [1.54, 1.807) is 11.0 Å². The van der Waals surface area contributed by atoms with Crippen LogP contribution in [0.25, 0.3) is 0 Å². The third kappa shape index (κ3) is 2.21. The van der Waals surface area contributed by atoms with Crippen molar-refractivity contribution in [3.63, 3.8) is 0 Å². The monoisotopic (exact) mass is 332 g/mol. The highest BCUT2D eigenvalue weighted by Crippen LogP contribution is 2.40. The predicted molar refractivity (Wildman–Crippen MR) is 83.6 cm³/mol. The molecule has 2 aromatic rings. The van der Waals surface area contributed by atoms with E-state index >= 15 is 0 Å². The molecule has 1 atom stereocenters. The van der Waals surface area contributed by atoms with Crippen LogP contribution in [0.1, 0.15) is 22.3 Å². The maximum Gasteiger partial charge on any atom is 0.416 e. The number of amidine groups is 1. The fourth-order valence-electron chi connectivity index (χ4n) is 3.49. The molecule has 24 heavy (non-hydrogen) atoms. The summed E-state index contributed by atoms with van der Waals surface area (Å²) < 4.78 is 39.1. The maximum atomic E-state index is 13.0. The van der Waals surface area contributed by atoms with Crippen molar-refractivity contribution in [3.8, 4) is 0 Å². The second kappa shape index (κ2) is 5.08. The second-order valence-electron chi connectivity index (χ2n) is 6.09. The van der Waals surface area contributed by atoms with Crippen LogP contribution in [-0.2, 0) is 18.3 Å². The lowest BCUT2D eigenvalue weighted by Gasteiger charge is -2.44. The molecule has 2 aromatic carbocycles. The van der Waals surface area contributed by atoms with E-state index in [9.17, 15) is 18.3 Å². The summed E-state index contributed by atoms with van der Waals surface area (Å²) in [7, 11) is 0. The van der Waals surface area contributed by atoms with Crippen molar-refractivity contribution in [3.05, 3.63) is 70.8 Å². The number of hydrogen-bond acceptors (Lipinski definition) is 3. The van der Waals surface area contributed by atoms with Gasteiger partial charge in [-0.1, -0.05) is 36.4 Å². The minimum atomic E-state index is -4.44. The zero-order chi connectivity index (χ0) is 16.9. The Kier molecular flexibility index (Phi) is 3.22. The molecular weight excluding hydrogens is 317 g/mol. The molecule has 0 amide bonds. The van der Waals surface area contributed by atoms with Crippen molar-refractivity contribution in [1.82, 2.24) is 4.90 Å². The Morgan fingerprint density at radius 1 is 1.08 bits per heavy atom. The molecule has 0 saturated carbocycles. The van der Waals surface area contributed by atoms with Crippen LogP contribution in [0.4, 0.5) is 13.2 Å². The topological polar surface area (TPSA) is 35.8 Å². The smallest absolute Gasteiger partial charge is 0.366 e. The second-order valence-corrected chi connectivity index (χ2v) is 6.09. The standard InChI is InChI=1S/C18H15F3N2O/c19-18(20,21)14-6-3-5-13(10-14)17(24)11-12-4-1-2-7-15(12)16-22-8-9-23(16)17/h1-7,10,24H,8-9,11H2. The molecule has 0 saturated heterocycles. The summed E-state index contributed by atoms with van der Waals surface area (Å²) in [6.45, 7) is 1.00. The van der Waals surface area contributed by atoms with Gasteiger partial charge in [0.25, 0.3) is 0 Å². The Balaban J connectivity index is 1.85. The molecule has 1 N–H and O–H groups in total. The zero-order valence-electron chi connectivity index (χ0n) is 12.7. The Bertz CT molecular complexity index is 831. The van der Waals surface area contributed by atoms with Gasteiger partial charge < -0.3 is 10.0 Å². The first-order valence-corrected chi connectivity index (χ1v) is 7.70. The maximum absolute atomic E-state index is 13.0. The van der Waals surface area contributed by atoms with Gasteiger partial charge in [-0.3, -0.25) is 4.99 Å². The molecule has 0 spiro atoms. The molecule has 4 rings (SSSR count). The van der Waals surface area contributed by atoms with Crippen molar-refractivity contribution < 1.29 is 18.3 Å². The van der Waals surface area contributed by atoms with E-state index in [-0.39, 0.29) is 12.0 Å². The number of nitrogens with zero attached hydrogens (tertiary/aromatic N) is 2. The van der Waals surface area contributed by atoms with Crippen molar-refractivity contribution in [2.45, 2.75) is 18.3 Å². The summed E-state index contributed by atoms with van der Waals surface area (Å²) in [5.74, 6) is 0.650. The van der Waals surface area contributed by atoms with E-state index in [4.69, 9.17) is 0 Å². The van der Waals surface area contributed by atoms with Gasteiger partial charge >= 0.3 is 6.18 Å². The summed E-state index contributed by atoms with van der Waals surface area (Å²) >= 11 is 0. The summed E-state index contributed by atoms with van der Waals surface area (Å²) in [6, 6.07) is 12.5. The van der Waals surface area contributed by atoms with Gasteiger partial charge in [-0.15, -0.1) is 0 Å². The van der Waals surface area contributed by atoms with Gasteiger partial charge in [-0.05, 0) is 17.7 Å². The van der Waals surface area contributed by atoms with E-state index < -0.39 is 17.5 Å². The van der Waals surface area contributed by atoms with Crippen molar-refractivity contribution in [1.29, 1.82) is 0 Å². The van der Waals surface area contributed by atoms with Gasteiger partial charge in [0, 0.05) is 24.1 Å². The Morgan fingerprint density at radius 2 is 1.88 bits per heavy atom. The Labute approximate surface area is 137 Å². The fourth-order valence-corrected chi connectivity index (χ4v) is 3.49. The van der Waals surface area contributed by atoms with Crippen molar-refractivity contribution >= 4 is 5.84 Å². The van der Waals surface area contributed by atoms with Crippen LogP contribution in [0.3, 0.4) is 0 Å². The predicted octanol–water partition coefficient (Wildman–Crippen LogP) is 3.17. The lowest BCUT2D eigenvalue weighted by atomic mass is 9.85. The zero-order valence-corrected chi connectivity index (χ0v) is 12.7. The number of alkyl halides is 3. The first kappa shape index (κ1) is 15.2. The van der Waals surface area contributed by atoms with Gasteiger partial charge in [0.2, 0.25) is 0 Å². The molecular formula is C18H15F3N2O. The number of fused-ring (bicyclic) bond motifs is 3. The average Bonchev–Trinajstić information content (AvgIpc) is 3.05. The fraction of sp³-hybridized carbons (Fsp3) is 0.278. The molecule has 0 aromatic heterocycles. The van der Waals surface area contributed by atoms with Crippen LogP contribution >= 0.6 is 0 Å². The van der Waals surface area contributed by atoms with Crippen molar-refractivity contribution in [2.75, 3.05) is 13.1 Å². The first-order valence-electron chi connectivity index (χ1n) is 7.70. The molecule has 0 radical (unpaired) electrons. The molecule has 0 fully saturated rings. The quantitative estimate of drug-likeness (QED) is 0.871. The lowest BCUT2D eigenvalue weighted by Crippen LogP contribution is -2.53. The number of hydrogen-bond donors (Lipinski definition) is 1. The number of aliphatic hydroxyl groups is 1. The van der Waals surface area contributed by atoms with Gasteiger partial charge in [0.15, 0.2) is 5.72 Å². The third-order valence-electron chi connectivity index (χ3n) is 4.63. The van der Waals surface area contributed by atoms with Crippen molar-refractivity contribution in [2.24, 2.45) is 4.99 Å². The summed E-state index contributed by atoms with van der Waals surface area (Å²) in [5, 5.41) is 11.3. The highest BCUT2D eigenvalue weighted by molar-refractivity contribution is 6.02.